The Kier molecular flexibility index (Phi) is 7.97. The van der Waals surface area contributed by atoms with Crippen LogP contribution in [0.15, 0.2) is 97.3 Å². The van der Waals surface area contributed by atoms with E-state index in [1.54, 1.807) is 59.4 Å². The maximum atomic E-state index is 13.5. The zero-order chi connectivity index (χ0) is 31.0. The fraction of sp³-hybridized carbons (Fsp3) is 0.242. The smallest absolute Gasteiger partial charge is 0.338 e. The number of halogens is 2. The molecule has 3 aromatic carbocycles. The van der Waals surface area contributed by atoms with Crippen molar-refractivity contribution >= 4 is 46.3 Å². The Bertz CT molecular complexity index is 1840. The lowest BCUT2D eigenvalue weighted by atomic mass is 9.95. The lowest BCUT2D eigenvalue weighted by Crippen LogP contribution is -2.42. The largest absolute Gasteiger partial charge is 0.459 e. The van der Waals surface area contributed by atoms with Gasteiger partial charge in [-0.05, 0) is 41.4 Å². The molecule has 0 spiro atoms. The maximum Gasteiger partial charge on any atom is 0.338 e. The first-order valence-electron chi connectivity index (χ1n) is 14.3. The molecule has 1 aliphatic heterocycles. The lowest BCUT2D eigenvalue weighted by molar-refractivity contribution is -0.0714. The van der Waals surface area contributed by atoms with Gasteiger partial charge in [0.15, 0.2) is 10.8 Å². The molecule has 1 aliphatic carbocycles. The summed E-state index contributed by atoms with van der Waals surface area (Å²) in [4.78, 5) is 39.2. The van der Waals surface area contributed by atoms with Crippen molar-refractivity contribution in [3.05, 3.63) is 124 Å². The van der Waals surface area contributed by atoms with E-state index in [9.17, 15) is 9.59 Å². The molecule has 5 aromatic rings. The third-order valence-electron chi connectivity index (χ3n) is 8.19. The minimum atomic E-state index is -0.888. The van der Waals surface area contributed by atoms with E-state index in [-0.39, 0.29) is 23.7 Å². The Morgan fingerprint density at radius 1 is 0.867 bits per heavy atom. The number of fused-ring (bicyclic) bond motifs is 2. The van der Waals surface area contributed by atoms with Gasteiger partial charge in [-0.3, -0.25) is 0 Å². The molecular formula is C33H26Cl2N4O6. The Balaban J connectivity index is 1.23. The van der Waals surface area contributed by atoms with Gasteiger partial charge in [0.2, 0.25) is 5.28 Å². The minimum Gasteiger partial charge on any atom is -0.459 e. The molecule has 0 bridgehead atoms. The number of rotatable bonds is 10. The van der Waals surface area contributed by atoms with Crippen LogP contribution >= 0.6 is 23.2 Å². The summed E-state index contributed by atoms with van der Waals surface area (Å²) >= 11 is 12.5. The summed E-state index contributed by atoms with van der Waals surface area (Å²) in [6.07, 6.45) is -0.562. The zero-order valence-electron chi connectivity index (χ0n) is 23.7. The molecular weight excluding hydrogens is 619 g/mol. The highest BCUT2D eigenvalue weighted by molar-refractivity contribution is 6.35. The quantitative estimate of drug-likeness (QED) is 0.107. The summed E-state index contributed by atoms with van der Waals surface area (Å²) in [7, 11) is 0. The predicted octanol–water partition coefficient (Wildman–Crippen LogP) is 5.74. The molecule has 10 nitrogen and oxygen atoms in total. The third kappa shape index (κ3) is 5.55. The highest BCUT2D eigenvalue weighted by Gasteiger charge is 2.79. The number of hydrogen-bond donors (Lipinski definition) is 0. The number of carbonyl (C=O) groups excluding carboxylic acids is 2. The van der Waals surface area contributed by atoms with Gasteiger partial charge in [-0.2, -0.15) is 4.98 Å². The second kappa shape index (κ2) is 12.2. The highest BCUT2D eigenvalue weighted by atomic mass is 35.5. The predicted molar refractivity (Wildman–Crippen MR) is 164 cm³/mol. The molecule has 0 amide bonds. The van der Waals surface area contributed by atoms with Gasteiger partial charge in [0, 0.05) is 0 Å². The second-order valence-electron chi connectivity index (χ2n) is 10.9. The molecule has 1 saturated heterocycles. The maximum absolute atomic E-state index is 13.5. The Hall–Kier alpha value is -4.35. The van der Waals surface area contributed by atoms with E-state index in [4.69, 9.17) is 42.1 Å². The normalized spacial score (nSPS) is 23.4. The van der Waals surface area contributed by atoms with E-state index >= 15 is 0 Å². The first-order valence-corrected chi connectivity index (χ1v) is 15.0. The summed E-state index contributed by atoms with van der Waals surface area (Å²) in [5.41, 5.74) is 1.64. The molecule has 228 valence electrons. The molecule has 5 atom stereocenters. The standard InChI is InChI=1S/C33H26Cl2N4O6/c34-28-24-29(38-32(35)37-28)39(19-36-24)25-27-33(25,18-42-16-20-10-4-1-5-11-20)26(45-31(41)22-14-8-3-9-15-22)23(44-27)17-43-30(40)21-12-6-2-7-13-21/h1-15,19,23,25-27H,16-18H2/t23-,25?,26?,27+,33?/m1/s1. The molecule has 1 saturated carbocycles. The van der Waals surface area contributed by atoms with Crippen molar-refractivity contribution in [2.75, 3.05) is 13.2 Å². The number of hydrogen-bond acceptors (Lipinski definition) is 9. The van der Waals surface area contributed by atoms with E-state index in [1.807, 2.05) is 42.5 Å². The molecule has 45 heavy (non-hydrogen) atoms. The van der Waals surface area contributed by atoms with Crippen LogP contribution in [0.3, 0.4) is 0 Å². The molecule has 3 unspecified atom stereocenters. The van der Waals surface area contributed by atoms with Crippen LogP contribution in [-0.2, 0) is 25.6 Å². The van der Waals surface area contributed by atoms with Crippen LogP contribution in [0.1, 0.15) is 32.3 Å². The monoisotopic (exact) mass is 644 g/mol. The van der Waals surface area contributed by atoms with Crippen molar-refractivity contribution < 1.29 is 28.5 Å². The molecule has 2 aromatic heterocycles. The third-order valence-corrected chi connectivity index (χ3v) is 8.63. The highest BCUT2D eigenvalue weighted by Crippen LogP contribution is 2.67. The van der Waals surface area contributed by atoms with Crippen molar-refractivity contribution in [3.63, 3.8) is 0 Å². The molecule has 3 heterocycles. The Morgan fingerprint density at radius 2 is 1.51 bits per heavy atom. The number of carbonyl (C=O) groups is 2. The van der Waals surface area contributed by atoms with E-state index in [0.717, 1.165) is 5.56 Å². The van der Waals surface area contributed by atoms with Gasteiger partial charge >= 0.3 is 11.9 Å². The first-order chi connectivity index (χ1) is 22.0. The summed E-state index contributed by atoms with van der Waals surface area (Å²) in [6, 6.07) is 26.6. The molecule has 0 radical (unpaired) electrons. The van der Waals surface area contributed by atoms with Gasteiger partial charge in [0.1, 0.15) is 24.3 Å². The fourth-order valence-electron chi connectivity index (χ4n) is 6.06. The first kappa shape index (κ1) is 29.4. The van der Waals surface area contributed by atoms with Crippen LogP contribution < -0.4 is 0 Å². The lowest BCUT2D eigenvalue weighted by Gasteiger charge is -2.29. The molecule has 7 rings (SSSR count). The molecule has 2 aliphatic rings. The van der Waals surface area contributed by atoms with E-state index in [0.29, 0.717) is 28.9 Å². The summed E-state index contributed by atoms with van der Waals surface area (Å²) in [6.45, 7) is 0.327. The summed E-state index contributed by atoms with van der Waals surface area (Å²) in [5.74, 6) is -1.05. The van der Waals surface area contributed by atoms with E-state index in [2.05, 4.69) is 15.0 Å². The minimum absolute atomic E-state index is 0.0342. The van der Waals surface area contributed by atoms with Gasteiger partial charge in [-0.1, -0.05) is 78.3 Å². The molecule has 0 N–H and O–H groups in total. The number of aromatic nitrogens is 4. The van der Waals surface area contributed by atoms with Crippen LogP contribution in [0.5, 0.6) is 0 Å². The van der Waals surface area contributed by atoms with Crippen molar-refractivity contribution in [2.45, 2.75) is 31.0 Å². The van der Waals surface area contributed by atoms with Crippen molar-refractivity contribution in [1.82, 2.24) is 19.5 Å². The van der Waals surface area contributed by atoms with Crippen LogP contribution in [0.4, 0.5) is 0 Å². The number of nitrogens with zero attached hydrogens (tertiary/aromatic N) is 4. The molecule has 2 fully saturated rings. The average Bonchev–Trinajstić information content (AvgIpc) is 3.31. The Labute approximate surface area is 267 Å². The van der Waals surface area contributed by atoms with Crippen LogP contribution in [0.2, 0.25) is 10.4 Å². The van der Waals surface area contributed by atoms with Crippen LogP contribution in [0, 0.1) is 5.41 Å². The van der Waals surface area contributed by atoms with Crippen LogP contribution in [-0.4, -0.2) is 63.0 Å². The zero-order valence-corrected chi connectivity index (χ0v) is 25.2. The number of ether oxygens (including phenoxy) is 4. The van der Waals surface area contributed by atoms with Crippen molar-refractivity contribution in [1.29, 1.82) is 0 Å². The fourth-order valence-corrected chi connectivity index (χ4v) is 6.48. The van der Waals surface area contributed by atoms with Gasteiger partial charge < -0.3 is 23.5 Å². The van der Waals surface area contributed by atoms with Gasteiger partial charge in [-0.15, -0.1) is 0 Å². The topological polar surface area (TPSA) is 115 Å². The SMILES string of the molecule is O=C(OC[C@H]1O[C@H]2C(n3cnc4c(Cl)nc(Cl)nc43)C2(COCc2ccccc2)C1OC(=O)c1ccccc1)c1ccccc1. The van der Waals surface area contributed by atoms with Gasteiger partial charge in [0.05, 0.1) is 48.2 Å². The second-order valence-corrected chi connectivity index (χ2v) is 11.6. The number of esters is 2. The van der Waals surface area contributed by atoms with Crippen molar-refractivity contribution in [2.24, 2.45) is 5.41 Å². The van der Waals surface area contributed by atoms with Gasteiger partial charge in [-0.25, -0.2) is 19.6 Å². The van der Waals surface area contributed by atoms with E-state index in [1.165, 1.54) is 0 Å². The van der Waals surface area contributed by atoms with Crippen molar-refractivity contribution in [3.8, 4) is 0 Å². The van der Waals surface area contributed by atoms with Gasteiger partial charge in [0.25, 0.3) is 0 Å². The average molecular weight is 645 g/mol. The van der Waals surface area contributed by atoms with Crippen LogP contribution in [0.25, 0.3) is 11.2 Å². The molecule has 12 heteroatoms. The number of benzene rings is 3. The number of imidazole rings is 1. The van der Waals surface area contributed by atoms with E-state index < -0.39 is 41.7 Å². The summed E-state index contributed by atoms with van der Waals surface area (Å²) in [5, 5.41) is 0.0794. The Morgan fingerprint density at radius 3 is 2.20 bits per heavy atom. The summed E-state index contributed by atoms with van der Waals surface area (Å²) < 4.78 is 26.6.